The van der Waals surface area contributed by atoms with Gasteiger partial charge in [0.1, 0.15) is 0 Å². The van der Waals surface area contributed by atoms with Crippen LogP contribution in [0, 0.1) is 5.92 Å². The summed E-state index contributed by atoms with van der Waals surface area (Å²) in [5.74, 6) is 0.908. The average Bonchev–Trinajstić information content (AvgIpc) is 2.43. The van der Waals surface area contributed by atoms with E-state index in [9.17, 15) is 4.79 Å². The third kappa shape index (κ3) is 5.38. The fraction of sp³-hybridized carbons (Fsp3) is 0.933. The largest absolute Gasteiger partial charge is 0.352 e. The van der Waals surface area contributed by atoms with E-state index in [1.165, 1.54) is 32.1 Å². The van der Waals surface area contributed by atoms with E-state index in [1.807, 2.05) is 0 Å². The third-order valence-corrected chi connectivity index (χ3v) is 4.29. The van der Waals surface area contributed by atoms with Gasteiger partial charge in [0.05, 0.1) is 6.54 Å². The number of carbonyl (C=O) groups excluding carboxylic acids is 1. The molecule has 0 spiro atoms. The third-order valence-electron chi connectivity index (χ3n) is 4.29. The van der Waals surface area contributed by atoms with Crippen LogP contribution in [0.2, 0.25) is 0 Å². The van der Waals surface area contributed by atoms with Crippen molar-refractivity contribution in [1.82, 2.24) is 10.6 Å². The predicted molar refractivity (Wildman–Crippen MR) is 76.6 cm³/mol. The number of nitrogens with one attached hydrogen (secondary N) is 2. The van der Waals surface area contributed by atoms with Gasteiger partial charge in [0, 0.05) is 12.1 Å². The topological polar surface area (TPSA) is 41.1 Å². The van der Waals surface area contributed by atoms with E-state index in [0.29, 0.717) is 18.6 Å². The summed E-state index contributed by atoms with van der Waals surface area (Å²) in [5.41, 5.74) is 0. The molecule has 3 nitrogen and oxygen atoms in total. The molecule has 106 valence electrons. The molecule has 1 aliphatic carbocycles. The molecule has 0 heterocycles. The second-order valence-corrected chi connectivity index (χ2v) is 5.65. The SMILES string of the molecule is CCC(CC)NC(=O)CN[C@H](C)C1CCCCC1. The summed E-state index contributed by atoms with van der Waals surface area (Å²) in [6, 6.07) is 0.807. The van der Waals surface area contributed by atoms with Gasteiger partial charge < -0.3 is 10.6 Å². The van der Waals surface area contributed by atoms with Crippen molar-refractivity contribution in [3.63, 3.8) is 0 Å². The summed E-state index contributed by atoms with van der Waals surface area (Å²) >= 11 is 0. The van der Waals surface area contributed by atoms with E-state index in [1.54, 1.807) is 0 Å². The van der Waals surface area contributed by atoms with Gasteiger partial charge in [-0.05, 0) is 38.5 Å². The van der Waals surface area contributed by atoms with Crippen LogP contribution in [0.15, 0.2) is 0 Å². The molecule has 0 unspecified atom stereocenters. The van der Waals surface area contributed by atoms with E-state index in [-0.39, 0.29) is 5.91 Å². The van der Waals surface area contributed by atoms with Gasteiger partial charge in [-0.25, -0.2) is 0 Å². The summed E-state index contributed by atoms with van der Waals surface area (Å²) in [6.45, 7) is 6.92. The summed E-state index contributed by atoms with van der Waals surface area (Å²) < 4.78 is 0. The Balaban J connectivity index is 2.20. The molecule has 0 radical (unpaired) electrons. The monoisotopic (exact) mass is 254 g/mol. The Kier molecular flexibility index (Phi) is 7.33. The van der Waals surface area contributed by atoms with Crippen molar-refractivity contribution in [2.75, 3.05) is 6.54 Å². The van der Waals surface area contributed by atoms with Crippen LogP contribution in [-0.4, -0.2) is 24.5 Å². The quantitative estimate of drug-likeness (QED) is 0.733. The molecule has 2 N–H and O–H groups in total. The Bertz CT molecular complexity index is 233. The molecule has 0 aromatic carbocycles. The molecule has 0 saturated heterocycles. The maximum absolute atomic E-state index is 11.8. The lowest BCUT2D eigenvalue weighted by Gasteiger charge is -2.28. The first-order valence-electron chi connectivity index (χ1n) is 7.70. The van der Waals surface area contributed by atoms with Crippen LogP contribution in [0.25, 0.3) is 0 Å². The molecule has 1 amide bonds. The smallest absolute Gasteiger partial charge is 0.234 e. The predicted octanol–water partition coefficient (Wildman–Crippen LogP) is 2.85. The highest BCUT2D eigenvalue weighted by Gasteiger charge is 2.20. The summed E-state index contributed by atoms with van der Waals surface area (Å²) in [5, 5.41) is 6.47. The van der Waals surface area contributed by atoms with Gasteiger partial charge in [-0.2, -0.15) is 0 Å². The van der Waals surface area contributed by atoms with E-state index in [2.05, 4.69) is 31.4 Å². The van der Waals surface area contributed by atoms with Gasteiger partial charge >= 0.3 is 0 Å². The maximum Gasteiger partial charge on any atom is 0.234 e. The number of amides is 1. The second kappa shape index (κ2) is 8.52. The highest BCUT2D eigenvalue weighted by atomic mass is 16.1. The second-order valence-electron chi connectivity index (χ2n) is 5.65. The molecule has 1 saturated carbocycles. The van der Waals surface area contributed by atoms with E-state index < -0.39 is 0 Å². The average molecular weight is 254 g/mol. The van der Waals surface area contributed by atoms with Crippen molar-refractivity contribution in [3.05, 3.63) is 0 Å². The standard InChI is InChI=1S/C15H30N2O/c1-4-14(5-2)17-15(18)11-16-12(3)13-9-7-6-8-10-13/h12-14,16H,4-11H2,1-3H3,(H,17,18)/t12-/m1/s1. The molecule has 1 fully saturated rings. The van der Waals surface area contributed by atoms with Gasteiger partial charge in [0.15, 0.2) is 0 Å². The van der Waals surface area contributed by atoms with Crippen molar-refractivity contribution in [1.29, 1.82) is 0 Å². The van der Waals surface area contributed by atoms with Crippen molar-refractivity contribution in [2.24, 2.45) is 5.92 Å². The molecule has 1 aliphatic rings. The molecule has 0 aromatic rings. The van der Waals surface area contributed by atoms with Crippen molar-refractivity contribution in [3.8, 4) is 0 Å². The summed E-state index contributed by atoms with van der Waals surface area (Å²) in [4.78, 5) is 11.8. The highest BCUT2D eigenvalue weighted by Crippen LogP contribution is 2.26. The fourth-order valence-corrected chi connectivity index (χ4v) is 2.83. The number of carbonyl (C=O) groups is 1. The Morgan fingerprint density at radius 1 is 1.17 bits per heavy atom. The lowest BCUT2D eigenvalue weighted by Crippen LogP contribution is -2.44. The Labute approximate surface area is 112 Å². The molecule has 18 heavy (non-hydrogen) atoms. The van der Waals surface area contributed by atoms with Crippen LogP contribution in [0.4, 0.5) is 0 Å². The molecular formula is C15H30N2O. The van der Waals surface area contributed by atoms with Crippen LogP contribution >= 0.6 is 0 Å². The van der Waals surface area contributed by atoms with Gasteiger partial charge in [0.25, 0.3) is 0 Å². The van der Waals surface area contributed by atoms with Crippen LogP contribution in [-0.2, 0) is 4.79 Å². The Hall–Kier alpha value is -0.570. The van der Waals surface area contributed by atoms with Gasteiger partial charge in [-0.15, -0.1) is 0 Å². The summed E-state index contributed by atoms with van der Waals surface area (Å²) in [7, 11) is 0. The molecular weight excluding hydrogens is 224 g/mol. The zero-order valence-corrected chi connectivity index (χ0v) is 12.3. The zero-order chi connectivity index (χ0) is 13.4. The minimum absolute atomic E-state index is 0.145. The zero-order valence-electron chi connectivity index (χ0n) is 12.3. The lowest BCUT2D eigenvalue weighted by molar-refractivity contribution is -0.121. The highest BCUT2D eigenvalue weighted by molar-refractivity contribution is 5.78. The van der Waals surface area contributed by atoms with Crippen molar-refractivity contribution < 1.29 is 4.79 Å². The van der Waals surface area contributed by atoms with E-state index in [4.69, 9.17) is 0 Å². The first kappa shape index (κ1) is 15.5. The molecule has 0 aromatic heterocycles. The van der Waals surface area contributed by atoms with Gasteiger partial charge in [-0.1, -0.05) is 33.1 Å². The van der Waals surface area contributed by atoms with Gasteiger partial charge in [0.2, 0.25) is 5.91 Å². The van der Waals surface area contributed by atoms with E-state index in [0.717, 1.165) is 18.8 Å². The minimum atomic E-state index is 0.145. The maximum atomic E-state index is 11.8. The Morgan fingerprint density at radius 2 is 1.78 bits per heavy atom. The van der Waals surface area contributed by atoms with Gasteiger partial charge in [-0.3, -0.25) is 4.79 Å². The number of hydrogen-bond acceptors (Lipinski definition) is 2. The van der Waals surface area contributed by atoms with E-state index >= 15 is 0 Å². The molecule has 1 rings (SSSR count). The summed E-state index contributed by atoms with van der Waals surface area (Å²) in [6.07, 6.45) is 8.77. The minimum Gasteiger partial charge on any atom is -0.352 e. The fourth-order valence-electron chi connectivity index (χ4n) is 2.83. The van der Waals surface area contributed by atoms with Crippen LogP contribution in [0.5, 0.6) is 0 Å². The number of hydrogen-bond donors (Lipinski definition) is 2. The molecule has 3 heteroatoms. The Morgan fingerprint density at radius 3 is 2.33 bits per heavy atom. The van der Waals surface area contributed by atoms with Crippen molar-refractivity contribution in [2.45, 2.75) is 77.8 Å². The van der Waals surface area contributed by atoms with Crippen LogP contribution in [0.1, 0.15) is 65.7 Å². The molecule has 0 aliphatic heterocycles. The molecule has 0 bridgehead atoms. The lowest BCUT2D eigenvalue weighted by atomic mass is 9.84. The first-order valence-corrected chi connectivity index (χ1v) is 7.70. The van der Waals surface area contributed by atoms with Crippen LogP contribution < -0.4 is 10.6 Å². The normalized spacial score (nSPS) is 18.9. The first-order chi connectivity index (χ1) is 8.67. The van der Waals surface area contributed by atoms with Crippen molar-refractivity contribution >= 4 is 5.91 Å². The number of rotatable bonds is 7. The van der Waals surface area contributed by atoms with Crippen LogP contribution in [0.3, 0.4) is 0 Å². The molecule has 1 atom stereocenters.